The van der Waals surface area contributed by atoms with Crippen molar-refractivity contribution in [1.82, 2.24) is 9.29 Å². The molecule has 2 heterocycles. The van der Waals surface area contributed by atoms with Crippen LogP contribution in [-0.4, -0.2) is 51.1 Å². The maximum Gasteiger partial charge on any atom is 0.243 e. The Morgan fingerprint density at radius 2 is 2.00 bits per heavy atom. The first kappa shape index (κ1) is 15.1. The van der Waals surface area contributed by atoms with Crippen LogP contribution in [0.15, 0.2) is 41.4 Å². The lowest BCUT2D eigenvalue weighted by atomic mass is 10.1. The quantitative estimate of drug-likeness (QED) is 0.930. The number of morpholine rings is 1. The van der Waals surface area contributed by atoms with Crippen LogP contribution in [0.2, 0.25) is 0 Å². The van der Waals surface area contributed by atoms with E-state index in [9.17, 15) is 8.42 Å². The SMILES string of the molecule is COc1ccc(S(=O)(=O)N2CCOCC2)cc1-c1ccc[nH]1. The van der Waals surface area contributed by atoms with Crippen LogP contribution in [-0.2, 0) is 14.8 Å². The van der Waals surface area contributed by atoms with Crippen molar-refractivity contribution in [2.24, 2.45) is 0 Å². The number of nitrogens with zero attached hydrogens (tertiary/aromatic N) is 1. The van der Waals surface area contributed by atoms with E-state index < -0.39 is 10.0 Å². The standard InChI is InChI=1S/C15H18N2O4S/c1-20-15-5-4-12(11-13(15)14-3-2-6-16-14)22(18,19)17-7-9-21-10-8-17/h2-6,11,16H,7-10H2,1H3. The van der Waals surface area contributed by atoms with Crippen LogP contribution >= 0.6 is 0 Å². The van der Waals surface area contributed by atoms with Crippen LogP contribution in [0.5, 0.6) is 5.75 Å². The van der Waals surface area contributed by atoms with Gasteiger partial charge in [-0.2, -0.15) is 4.31 Å². The summed E-state index contributed by atoms with van der Waals surface area (Å²) in [6, 6.07) is 8.65. The first-order valence-electron chi connectivity index (χ1n) is 7.02. The van der Waals surface area contributed by atoms with Gasteiger partial charge in [-0.15, -0.1) is 0 Å². The fourth-order valence-corrected chi connectivity index (χ4v) is 3.93. The minimum Gasteiger partial charge on any atom is -0.496 e. The molecular weight excluding hydrogens is 304 g/mol. The van der Waals surface area contributed by atoms with Gasteiger partial charge in [0.1, 0.15) is 5.75 Å². The number of hydrogen-bond acceptors (Lipinski definition) is 4. The Labute approximate surface area is 129 Å². The molecule has 1 saturated heterocycles. The van der Waals surface area contributed by atoms with Gasteiger partial charge < -0.3 is 14.5 Å². The van der Waals surface area contributed by atoms with Gasteiger partial charge in [-0.3, -0.25) is 0 Å². The van der Waals surface area contributed by atoms with Gasteiger partial charge in [0.2, 0.25) is 10.0 Å². The van der Waals surface area contributed by atoms with Crippen LogP contribution in [0.1, 0.15) is 0 Å². The van der Waals surface area contributed by atoms with Crippen molar-refractivity contribution in [3.8, 4) is 17.0 Å². The number of benzene rings is 1. The Morgan fingerprint density at radius 1 is 1.23 bits per heavy atom. The van der Waals surface area contributed by atoms with Crippen LogP contribution in [0, 0.1) is 0 Å². The third-order valence-electron chi connectivity index (χ3n) is 3.67. The summed E-state index contributed by atoms with van der Waals surface area (Å²) < 4.78 is 37.5. The van der Waals surface area contributed by atoms with Crippen LogP contribution < -0.4 is 4.74 Å². The third kappa shape index (κ3) is 2.75. The summed E-state index contributed by atoms with van der Waals surface area (Å²) in [4.78, 5) is 3.34. The predicted molar refractivity (Wildman–Crippen MR) is 82.4 cm³/mol. The molecule has 0 amide bonds. The molecule has 0 bridgehead atoms. The molecule has 0 aliphatic carbocycles. The molecule has 3 rings (SSSR count). The number of hydrogen-bond donors (Lipinski definition) is 1. The molecule has 1 fully saturated rings. The molecule has 0 atom stereocenters. The summed E-state index contributed by atoms with van der Waals surface area (Å²) in [5.41, 5.74) is 1.54. The first-order valence-corrected chi connectivity index (χ1v) is 8.46. The maximum absolute atomic E-state index is 12.7. The van der Waals surface area contributed by atoms with E-state index in [1.54, 1.807) is 31.5 Å². The van der Waals surface area contributed by atoms with E-state index in [4.69, 9.17) is 9.47 Å². The zero-order chi connectivity index (χ0) is 15.6. The molecule has 0 unspecified atom stereocenters. The van der Waals surface area contributed by atoms with Gasteiger partial charge in [-0.1, -0.05) is 0 Å². The maximum atomic E-state index is 12.7. The largest absolute Gasteiger partial charge is 0.496 e. The number of nitrogens with one attached hydrogen (secondary N) is 1. The average Bonchev–Trinajstić information content (AvgIpc) is 3.09. The molecule has 1 N–H and O–H groups in total. The Morgan fingerprint density at radius 3 is 2.64 bits per heavy atom. The van der Waals surface area contributed by atoms with Crippen LogP contribution in [0.4, 0.5) is 0 Å². The zero-order valence-electron chi connectivity index (χ0n) is 12.3. The highest BCUT2D eigenvalue weighted by Crippen LogP contribution is 2.32. The molecule has 0 spiro atoms. The van der Waals surface area contributed by atoms with E-state index in [0.29, 0.717) is 32.1 Å². The Kier molecular flexibility index (Phi) is 4.19. The molecular formula is C15H18N2O4S. The van der Waals surface area contributed by atoms with Crippen molar-refractivity contribution in [3.63, 3.8) is 0 Å². The Balaban J connectivity index is 2.03. The van der Waals surface area contributed by atoms with Gasteiger partial charge in [0, 0.05) is 30.5 Å². The topological polar surface area (TPSA) is 71.6 Å². The molecule has 22 heavy (non-hydrogen) atoms. The van der Waals surface area contributed by atoms with Gasteiger partial charge in [0.15, 0.2) is 0 Å². The van der Waals surface area contributed by atoms with Gasteiger partial charge in [0.05, 0.1) is 25.2 Å². The lowest BCUT2D eigenvalue weighted by Gasteiger charge is -2.26. The zero-order valence-corrected chi connectivity index (χ0v) is 13.1. The first-order chi connectivity index (χ1) is 10.6. The normalized spacial score (nSPS) is 16.6. The molecule has 1 aliphatic rings. The van der Waals surface area contributed by atoms with Crippen molar-refractivity contribution in [3.05, 3.63) is 36.5 Å². The van der Waals surface area contributed by atoms with E-state index in [0.717, 1.165) is 11.3 Å². The summed E-state index contributed by atoms with van der Waals surface area (Å²) in [6.07, 6.45) is 1.79. The summed E-state index contributed by atoms with van der Waals surface area (Å²) in [5.74, 6) is 0.628. The second-order valence-corrected chi connectivity index (χ2v) is 6.90. The summed E-state index contributed by atoms with van der Waals surface area (Å²) in [6.45, 7) is 1.62. The number of aromatic amines is 1. The number of aromatic nitrogens is 1. The van der Waals surface area contributed by atoms with Crippen molar-refractivity contribution < 1.29 is 17.9 Å². The smallest absolute Gasteiger partial charge is 0.243 e. The van der Waals surface area contributed by atoms with Crippen molar-refractivity contribution >= 4 is 10.0 Å². The molecule has 7 heteroatoms. The van der Waals surface area contributed by atoms with Crippen molar-refractivity contribution in [2.75, 3.05) is 33.4 Å². The van der Waals surface area contributed by atoms with Crippen molar-refractivity contribution in [2.45, 2.75) is 4.90 Å². The fourth-order valence-electron chi connectivity index (χ4n) is 2.49. The lowest BCUT2D eigenvalue weighted by molar-refractivity contribution is 0.0730. The second kappa shape index (κ2) is 6.12. The second-order valence-electron chi connectivity index (χ2n) is 4.96. The number of methoxy groups -OCH3 is 1. The number of ether oxygens (including phenoxy) is 2. The van der Waals surface area contributed by atoms with E-state index in [1.807, 2.05) is 12.1 Å². The van der Waals surface area contributed by atoms with E-state index in [2.05, 4.69) is 4.98 Å². The van der Waals surface area contributed by atoms with Crippen LogP contribution in [0.3, 0.4) is 0 Å². The Bertz CT molecular complexity index is 735. The highest BCUT2D eigenvalue weighted by atomic mass is 32.2. The molecule has 0 radical (unpaired) electrons. The van der Waals surface area contributed by atoms with Gasteiger partial charge in [-0.25, -0.2) is 8.42 Å². The minimum atomic E-state index is -3.52. The lowest BCUT2D eigenvalue weighted by Crippen LogP contribution is -2.40. The average molecular weight is 322 g/mol. The highest BCUT2D eigenvalue weighted by Gasteiger charge is 2.27. The summed E-state index contributed by atoms with van der Waals surface area (Å²) >= 11 is 0. The van der Waals surface area contributed by atoms with Crippen LogP contribution in [0.25, 0.3) is 11.3 Å². The van der Waals surface area contributed by atoms with Gasteiger partial charge in [-0.05, 0) is 30.3 Å². The van der Waals surface area contributed by atoms with E-state index >= 15 is 0 Å². The molecule has 0 saturated carbocycles. The van der Waals surface area contributed by atoms with E-state index in [1.165, 1.54) is 4.31 Å². The molecule has 1 aliphatic heterocycles. The minimum absolute atomic E-state index is 0.264. The summed E-state index contributed by atoms with van der Waals surface area (Å²) in [5, 5.41) is 0. The molecule has 1 aromatic heterocycles. The van der Waals surface area contributed by atoms with E-state index in [-0.39, 0.29) is 4.90 Å². The monoisotopic (exact) mass is 322 g/mol. The van der Waals surface area contributed by atoms with Gasteiger partial charge in [0.25, 0.3) is 0 Å². The molecule has 6 nitrogen and oxygen atoms in total. The van der Waals surface area contributed by atoms with Crippen molar-refractivity contribution in [1.29, 1.82) is 0 Å². The molecule has 2 aromatic rings. The predicted octanol–water partition coefficient (Wildman–Crippen LogP) is 1.71. The number of rotatable bonds is 4. The number of sulfonamides is 1. The third-order valence-corrected chi connectivity index (χ3v) is 5.56. The summed E-state index contributed by atoms with van der Waals surface area (Å²) in [7, 11) is -1.95. The fraction of sp³-hybridized carbons (Fsp3) is 0.333. The highest BCUT2D eigenvalue weighted by molar-refractivity contribution is 7.89. The molecule has 1 aromatic carbocycles. The van der Waals surface area contributed by atoms with Gasteiger partial charge >= 0.3 is 0 Å². The Hall–Kier alpha value is -1.83. The number of H-pyrrole nitrogens is 1. The molecule has 118 valence electrons.